The molecule has 10 heteroatoms. The molecule has 0 aliphatic carbocycles. The second-order valence-electron chi connectivity index (χ2n) is 9.84. The first-order chi connectivity index (χ1) is 19.5. The van der Waals surface area contributed by atoms with Crippen molar-refractivity contribution >= 4 is 33.3 Å². The smallest absolute Gasteiger partial charge is 0.244 e. The van der Waals surface area contributed by atoms with Crippen molar-refractivity contribution in [1.82, 2.24) is 10.2 Å². The minimum absolute atomic E-state index is 0.131. The summed E-state index contributed by atoms with van der Waals surface area (Å²) < 4.78 is 41.5. The van der Waals surface area contributed by atoms with Crippen molar-refractivity contribution in [2.75, 3.05) is 23.7 Å². The molecule has 218 valence electrons. The van der Waals surface area contributed by atoms with Crippen LogP contribution in [-0.2, 0) is 32.6 Å². The molecule has 0 saturated carbocycles. The molecule has 0 heterocycles. The van der Waals surface area contributed by atoms with Crippen molar-refractivity contribution in [3.8, 4) is 0 Å². The number of carbonyl (C=O) groups is 3. The molecule has 0 unspecified atom stereocenters. The standard InChI is InChI=1S/C31H36FN3O5S/c1-4-5-18-33-31(38)29(19-24-12-7-6-8-13-24)34(21-26-14-9-10-17-28(26)32)30(37)22-35(41(3,39)40)27-16-11-15-25(20-27)23(2)36/h6-17,20,29H,4-5,18-19,21-22H2,1-3H3,(H,33,38)/t29-/m0/s1. The van der Waals surface area contributed by atoms with Gasteiger partial charge in [-0.3, -0.25) is 18.7 Å². The maximum absolute atomic E-state index is 14.8. The molecular weight excluding hydrogens is 545 g/mol. The minimum atomic E-state index is -3.99. The van der Waals surface area contributed by atoms with Gasteiger partial charge in [0.2, 0.25) is 21.8 Å². The summed E-state index contributed by atoms with van der Waals surface area (Å²) in [7, 11) is -3.99. The van der Waals surface area contributed by atoms with E-state index in [-0.39, 0.29) is 35.6 Å². The highest BCUT2D eigenvalue weighted by molar-refractivity contribution is 7.92. The summed E-state index contributed by atoms with van der Waals surface area (Å²) in [6.07, 6.45) is 2.68. The molecule has 0 aliphatic heterocycles. The molecule has 0 aromatic heterocycles. The molecule has 0 saturated heterocycles. The number of hydrogen-bond acceptors (Lipinski definition) is 5. The summed E-state index contributed by atoms with van der Waals surface area (Å²) in [5.41, 5.74) is 1.38. The van der Waals surface area contributed by atoms with Crippen molar-refractivity contribution in [3.05, 3.63) is 101 Å². The molecule has 3 aromatic carbocycles. The summed E-state index contributed by atoms with van der Waals surface area (Å²) in [6.45, 7) is 2.84. The van der Waals surface area contributed by atoms with Crippen LogP contribution in [-0.4, -0.2) is 56.3 Å². The number of sulfonamides is 1. The normalized spacial score (nSPS) is 11.9. The first kappa shape index (κ1) is 31.5. The van der Waals surface area contributed by atoms with Gasteiger partial charge in [-0.25, -0.2) is 12.8 Å². The van der Waals surface area contributed by atoms with Gasteiger partial charge in [-0.05, 0) is 37.1 Å². The zero-order valence-electron chi connectivity index (χ0n) is 23.5. The van der Waals surface area contributed by atoms with Crippen LogP contribution in [0.1, 0.15) is 48.2 Å². The molecule has 41 heavy (non-hydrogen) atoms. The largest absolute Gasteiger partial charge is 0.354 e. The Morgan fingerprint density at radius 1 is 0.951 bits per heavy atom. The van der Waals surface area contributed by atoms with Gasteiger partial charge >= 0.3 is 0 Å². The highest BCUT2D eigenvalue weighted by atomic mass is 32.2. The van der Waals surface area contributed by atoms with Gasteiger partial charge in [-0.15, -0.1) is 0 Å². The topological polar surface area (TPSA) is 104 Å². The highest BCUT2D eigenvalue weighted by Gasteiger charge is 2.33. The van der Waals surface area contributed by atoms with Gasteiger partial charge in [0.25, 0.3) is 0 Å². The van der Waals surface area contributed by atoms with E-state index in [0.717, 1.165) is 29.0 Å². The number of unbranched alkanes of at least 4 members (excludes halogenated alkanes) is 1. The van der Waals surface area contributed by atoms with E-state index in [2.05, 4.69) is 5.32 Å². The fourth-order valence-corrected chi connectivity index (χ4v) is 5.21. The number of benzene rings is 3. The Balaban J connectivity index is 2.06. The Morgan fingerprint density at radius 2 is 1.63 bits per heavy atom. The highest BCUT2D eigenvalue weighted by Crippen LogP contribution is 2.22. The third-order valence-electron chi connectivity index (χ3n) is 6.62. The predicted molar refractivity (Wildman–Crippen MR) is 157 cm³/mol. The molecule has 3 aromatic rings. The maximum Gasteiger partial charge on any atom is 0.244 e. The molecule has 3 rings (SSSR count). The lowest BCUT2D eigenvalue weighted by molar-refractivity contribution is -0.140. The summed E-state index contributed by atoms with van der Waals surface area (Å²) in [5.74, 6) is -1.93. The van der Waals surface area contributed by atoms with E-state index in [1.165, 1.54) is 48.2 Å². The quantitative estimate of drug-likeness (QED) is 0.225. The Kier molecular flexibility index (Phi) is 11.2. The lowest BCUT2D eigenvalue weighted by atomic mass is 10.0. The van der Waals surface area contributed by atoms with Crippen LogP contribution in [0.2, 0.25) is 0 Å². The fourth-order valence-electron chi connectivity index (χ4n) is 4.36. The van der Waals surface area contributed by atoms with Crippen LogP contribution in [0.3, 0.4) is 0 Å². The molecule has 0 bridgehead atoms. The number of nitrogens with one attached hydrogen (secondary N) is 1. The molecule has 0 fully saturated rings. The van der Waals surface area contributed by atoms with Crippen LogP contribution in [0.5, 0.6) is 0 Å². The van der Waals surface area contributed by atoms with E-state index < -0.39 is 40.2 Å². The molecular formula is C31H36FN3O5S. The Labute approximate surface area is 241 Å². The number of anilines is 1. The maximum atomic E-state index is 14.8. The van der Waals surface area contributed by atoms with Crippen molar-refractivity contribution in [2.45, 2.75) is 45.7 Å². The van der Waals surface area contributed by atoms with Gasteiger partial charge < -0.3 is 10.2 Å². The number of carbonyl (C=O) groups excluding carboxylic acids is 3. The van der Waals surface area contributed by atoms with Gasteiger partial charge in [0.1, 0.15) is 18.4 Å². The van der Waals surface area contributed by atoms with Crippen LogP contribution in [0.25, 0.3) is 0 Å². The van der Waals surface area contributed by atoms with E-state index in [0.29, 0.717) is 6.54 Å². The zero-order valence-corrected chi connectivity index (χ0v) is 24.4. The van der Waals surface area contributed by atoms with Gasteiger partial charge in [0.05, 0.1) is 11.9 Å². The summed E-state index contributed by atoms with van der Waals surface area (Å²) >= 11 is 0. The number of Topliss-reactive ketones (excluding diaryl/α,β-unsaturated/α-hetero) is 1. The summed E-state index contributed by atoms with van der Waals surface area (Å²) in [6, 6.07) is 20.0. The molecule has 1 atom stereocenters. The summed E-state index contributed by atoms with van der Waals surface area (Å²) in [4.78, 5) is 40.8. The van der Waals surface area contributed by atoms with E-state index in [9.17, 15) is 27.2 Å². The van der Waals surface area contributed by atoms with E-state index >= 15 is 0 Å². The SMILES string of the molecule is CCCCNC(=O)[C@H](Cc1ccccc1)N(Cc1ccccc1F)C(=O)CN(c1cccc(C(C)=O)c1)S(C)(=O)=O. The van der Waals surface area contributed by atoms with Crippen molar-refractivity contribution < 1.29 is 27.2 Å². The van der Waals surface area contributed by atoms with Crippen LogP contribution in [0.4, 0.5) is 10.1 Å². The lowest BCUT2D eigenvalue weighted by Gasteiger charge is -2.33. The van der Waals surface area contributed by atoms with Crippen LogP contribution in [0.15, 0.2) is 78.9 Å². The number of rotatable bonds is 14. The van der Waals surface area contributed by atoms with Crippen molar-refractivity contribution in [1.29, 1.82) is 0 Å². The molecule has 0 aliphatic rings. The van der Waals surface area contributed by atoms with Gasteiger partial charge in [0.15, 0.2) is 5.78 Å². The average Bonchev–Trinajstić information content (AvgIpc) is 2.94. The molecule has 0 spiro atoms. The van der Waals surface area contributed by atoms with Crippen molar-refractivity contribution in [3.63, 3.8) is 0 Å². The van der Waals surface area contributed by atoms with E-state index in [4.69, 9.17) is 0 Å². The average molecular weight is 582 g/mol. The Hall–Kier alpha value is -4.05. The molecule has 1 N–H and O–H groups in total. The lowest BCUT2D eigenvalue weighted by Crippen LogP contribution is -2.53. The molecule has 0 radical (unpaired) electrons. The first-order valence-electron chi connectivity index (χ1n) is 13.4. The zero-order chi connectivity index (χ0) is 30.0. The first-order valence-corrected chi connectivity index (χ1v) is 15.3. The number of nitrogens with zero attached hydrogens (tertiary/aromatic N) is 2. The number of halogens is 1. The molecule has 8 nitrogen and oxygen atoms in total. The Bertz CT molecular complexity index is 1460. The van der Waals surface area contributed by atoms with E-state index in [1.807, 2.05) is 37.3 Å². The monoisotopic (exact) mass is 581 g/mol. The third kappa shape index (κ3) is 8.97. The van der Waals surface area contributed by atoms with Crippen LogP contribution < -0.4 is 9.62 Å². The second kappa shape index (κ2) is 14.5. The van der Waals surface area contributed by atoms with Crippen molar-refractivity contribution in [2.24, 2.45) is 0 Å². The van der Waals surface area contributed by atoms with Crippen LogP contribution in [0, 0.1) is 5.82 Å². The fraction of sp³-hybridized carbons (Fsp3) is 0.323. The number of ketones is 1. The third-order valence-corrected chi connectivity index (χ3v) is 7.76. The second-order valence-corrected chi connectivity index (χ2v) is 11.7. The van der Waals surface area contributed by atoms with Gasteiger partial charge in [0, 0.05) is 30.6 Å². The van der Waals surface area contributed by atoms with Gasteiger partial charge in [-0.1, -0.05) is 74.0 Å². The predicted octanol–water partition coefficient (Wildman–Crippen LogP) is 4.35. The van der Waals surface area contributed by atoms with Crippen LogP contribution >= 0.6 is 0 Å². The van der Waals surface area contributed by atoms with Gasteiger partial charge in [-0.2, -0.15) is 0 Å². The molecule has 2 amide bonds. The number of amides is 2. The minimum Gasteiger partial charge on any atom is -0.354 e. The summed E-state index contributed by atoms with van der Waals surface area (Å²) in [5, 5.41) is 2.88. The Morgan fingerprint density at radius 3 is 2.27 bits per heavy atom. The number of hydrogen-bond donors (Lipinski definition) is 1. The van der Waals surface area contributed by atoms with E-state index in [1.54, 1.807) is 12.1 Å².